The number of aromatic nitrogens is 2. The second kappa shape index (κ2) is 8.97. The number of amides is 2. The molecule has 0 aliphatic rings. The van der Waals surface area contributed by atoms with Crippen LogP contribution in [0.1, 0.15) is 34.2 Å². The first-order valence-electron chi connectivity index (χ1n) is 9.31. The van der Waals surface area contributed by atoms with Gasteiger partial charge in [0.2, 0.25) is 5.91 Å². The average molecular weight is 442 g/mol. The van der Waals surface area contributed by atoms with Crippen molar-refractivity contribution in [1.82, 2.24) is 9.78 Å². The average Bonchev–Trinajstić information content (AvgIpc) is 2.97. The van der Waals surface area contributed by atoms with Gasteiger partial charge in [0.25, 0.3) is 5.91 Å². The quantitative estimate of drug-likeness (QED) is 0.436. The Morgan fingerprint density at radius 1 is 1.13 bits per heavy atom. The molecule has 0 fully saturated rings. The fourth-order valence-corrected chi connectivity index (χ4v) is 3.36. The fraction of sp³-hybridized carbons (Fsp3) is 0.190. The molecule has 2 aromatic carbocycles. The highest BCUT2D eigenvalue weighted by Gasteiger charge is 2.21. The Morgan fingerprint density at radius 3 is 2.35 bits per heavy atom. The van der Waals surface area contributed by atoms with Crippen LogP contribution in [0.25, 0.3) is 0 Å². The number of hydrogen-bond donors (Lipinski definition) is 2. The van der Waals surface area contributed by atoms with Gasteiger partial charge in [-0.2, -0.15) is 5.10 Å². The number of carbonyl (C=O) groups is 2. The molecule has 0 saturated carbocycles. The molecule has 0 aliphatic heterocycles. The molecule has 3 aromatic rings. The highest BCUT2D eigenvalue weighted by atomic mass is 35.5. The fourth-order valence-electron chi connectivity index (χ4n) is 3.13. The van der Waals surface area contributed by atoms with Crippen LogP contribution in [-0.2, 0) is 11.3 Å². The second-order valence-corrected chi connectivity index (χ2v) is 7.37. The Balaban J connectivity index is 1.70. The maximum Gasteiger partial charge on any atom is 0.312 e. The van der Waals surface area contributed by atoms with E-state index >= 15 is 0 Å². The molecule has 3 rings (SSSR count). The molecule has 0 bridgehead atoms. The molecular weight excluding hydrogens is 422 g/mol. The summed E-state index contributed by atoms with van der Waals surface area (Å²) in [6.07, 6.45) is 0. The lowest BCUT2D eigenvalue weighted by molar-refractivity contribution is -0.386. The molecule has 0 spiro atoms. The second-order valence-electron chi connectivity index (χ2n) is 6.96. The largest absolute Gasteiger partial charge is 0.326 e. The van der Waals surface area contributed by atoms with Gasteiger partial charge in [0, 0.05) is 18.2 Å². The van der Waals surface area contributed by atoms with Crippen molar-refractivity contribution in [2.75, 3.05) is 10.6 Å². The monoisotopic (exact) mass is 441 g/mol. The van der Waals surface area contributed by atoms with E-state index in [1.54, 1.807) is 61.0 Å². The van der Waals surface area contributed by atoms with Gasteiger partial charge in [0.15, 0.2) is 0 Å². The number of hydrogen-bond acceptors (Lipinski definition) is 5. The lowest BCUT2D eigenvalue weighted by Gasteiger charge is -2.10. The van der Waals surface area contributed by atoms with Gasteiger partial charge in [0.1, 0.15) is 11.4 Å². The number of anilines is 2. The summed E-state index contributed by atoms with van der Waals surface area (Å²) < 4.78 is 1.57. The SMILES string of the molecule is CC(=O)Nc1ccc(NC(=O)c2ccc(Cn3nc(C)c([N+](=O)[O-])c3C)cc2)c(Cl)c1. The van der Waals surface area contributed by atoms with Crippen LogP contribution in [0.5, 0.6) is 0 Å². The molecule has 160 valence electrons. The number of aryl methyl sites for hydroxylation is 1. The normalized spacial score (nSPS) is 10.6. The topological polar surface area (TPSA) is 119 Å². The minimum absolute atomic E-state index is 0.0115. The van der Waals surface area contributed by atoms with Crippen LogP contribution < -0.4 is 10.6 Å². The molecular formula is C21H20ClN5O4. The van der Waals surface area contributed by atoms with E-state index in [9.17, 15) is 19.7 Å². The number of nitrogens with one attached hydrogen (secondary N) is 2. The van der Waals surface area contributed by atoms with E-state index in [4.69, 9.17) is 11.6 Å². The van der Waals surface area contributed by atoms with Gasteiger partial charge in [-0.3, -0.25) is 24.4 Å². The molecule has 0 saturated heterocycles. The minimum Gasteiger partial charge on any atom is -0.326 e. The molecule has 2 N–H and O–H groups in total. The van der Waals surface area contributed by atoms with Crippen LogP contribution in [0.4, 0.5) is 17.1 Å². The molecule has 10 heteroatoms. The summed E-state index contributed by atoms with van der Waals surface area (Å²) in [6, 6.07) is 11.6. The molecule has 0 atom stereocenters. The Bertz CT molecular complexity index is 1170. The number of rotatable bonds is 6. The van der Waals surface area contributed by atoms with E-state index in [1.807, 2.05) is 0 Å². The lowest BCUT2D eigenvalue weighted by Crippen LogP contribution is -2.13. The van der Waals surface area contributed by atoms with Gasteiger partial charge in [-0.25, -0.2) is 0 Å². The van der Waals surface area contributed by atoms with E-state index in [2.05, 4.69) is 15.7 Å². The van der Waals surface area contributed by atoms with Crippen molar-refractivity contribution in [3.63, 3.8) is 0 Å². The third kappa shape index (κ3) is 5.07. The van der Waals surface area contributed by atoms with Crippen molar-refractivity contribution in [3.8, 4) is 0 Å². The first-order valence-corrected chi connectivity index (χ1v) is 9.69. The smallest absolute Gasteiger partial charge is 0.312 e. The third-order valence-corrected chi connectivity index (χ3v) is 4.92. The Kier molecular flexibility index (Phi) is 6.36. The van der Waals surface area contributed by atoms with Gasteiger partial charge < -0.3 is 10.6 Å². The van der Waals surface area contributed by atoms with Gasteiger partial charge in [-0.1, -0.05) is 23.7 Å². The van der Waals surface area contributed by atoms with Crippen LogP contribution >= 0.6 is 11.6 Å². The zero-order valence-electron chi connectivity index (χ0n) is 17.1. The summed E-state index contributed by atoms with van der Waals surface area (Å²) in [5, 5.41) is 21.0. The lowest BCUT2D eigenvalue weighted by atomic mass is 10.1. The van der Waals surface area contributed by atoms with Crippen molar-refractivity contribution in [1.29, 1.82) is 0 Å². The molecule has 9 nitrogen and oxygen atoms in total. The van der Waals surface area contributed by atoms with E-state index in [0.717, 1.165) is 5.56 Å². The Morgan fingerprint density at radius 2 is 1.81 bits per heavy atom. The van der Waals surface area contributed by atoms with Crippen molar-refractivity contribution >= 4 is 40.5 Å². The van der Waals surface area contributed by atoms with E-state index in [-0.39, 0.29) is 17.5 Å². The number of carbonyl (C=O) groups excluding carboxylic acids is 2. The van der Waals surface area contributed by atoms with Crippen LogP contribution in [0.3, 0.4) is 0 Å². The summed E-state index contributed by atoms with van der Waals surface area (Å²) in [4.78, 5) is 34.4. The molecule has 0 unspecified atom stereocenters. The van der Waals surface area contributed by atoms with Crippen LogP contribution in [0.2, 0.25) is 5.02 Å². The first-order chi connectivity index (χ1) is 14.7. The first kappa shape index (κ1) is 22.0. The molecule has 31 heavy (non-hydrogen) atoms. The Hall–Kier alpha value is -3.72. The third-order valence-electron chi connectivity index (χ3n) is 4.61. The summed E-state index contributed by atoms with van der Waals surface area (Å²) in [7, 11) is 0. The maximum atomic E-state index is 12.5. The summed E-state index contributed by atoms with van der Waals surface area (Å²) in [5.74, 6) is -0.564. The molecule has 0 aliphatic carbocycles. The minimum atomic E-state index is -0.435. The number of nitro groups is 1. The molecule has 2 amide bonds. The number of nitrogens with zero attached hydrogens (tertiary/aromatic N) is 3. The van der Waals surface area contributed by atoms with Crippen molar-refractivity contribution < 1.29 is 14.5 Å². The van der Waals surface area contributed by atoms with E-state index in [0.29, 0.717) is 39.9 Å². The van der Waals surface area contributed by atoms with Gasteiger partial charge in [-0.05, 0) is 49.7 Å². The molecule has 0 radical (unpaired) electrons. The zero-order chi connectivity index (χ0) is 22.7. The zero-order valence-corrected chi connectivity index (χ0v) is 17.9. The van der Waals surface area contributed by atoms with Crippen molar-refractivity contribution in [2.24, 2.45) is 0 Å². The van der Waals surface area contributed by atoms with Crippen molar-refractivity contribution in [3.05, 3.63) is 80.1 Å². The van der Waals surface area contributed by atoms with Crippen molar-refractivity contribution in [2.45, 2.75) is 27.3 Å². The molecule has 1 aromatic heterocycles. The van der Waals surface area contributed by atoms with Crippen LogP contribution in [-0.4, -0.2) is 26.5 Å². The van der Waals surface area contributed by atoms with Gasteiger partial charge in [0.05, 0.1) is 22.2 Å². The summed E-state index contributed by atoms with van der Waals surface area (Å²) in [5.41, 5.74) is 3.06. The molecule has 1 heterocycles. The van der Waals surface area contributed by atoms with Crippen LogP contribution in [0, 0.1) is 24.0 Å². The van der Waals surface area contributed by atoms with Gasteiger partial charge >= 0.3 is 5.69 Å². The summed E-state index contributed by atoms with van der Waals surface area (Å²) >= 11 is 6.19. The maximum absolute atomic E-state index is 12.5. The Labute approximate surface area is 183 Å². The van der Waals surface area contributed by atoms with E-state index in [1.165, 1.54) is 6.92 Å². The predicted octanol–water partition coefficient (Wildman–Crippen LogP) is 4.32. The standard InChI is InChI=1S/C21H20ClN5O4/c1-12-20(27(30)31)13(2)26(25-12)11-15-4-6-16(7-5-15)21(29)24-19-9-8-17(10-18(19)22)23-14(3)28/h4-10H,11H2,1-3H3,(H,23,28)(H,24,29). The van der Waals surface area contributed by atoms with E-state index < -0.39 is 4.92 Å². The number of halogens is 1. The summed E-state index contributed by atoms with van der Waals surface area (Å²) in [6.45, 7) is 4.99. The number of benzene rings is 2. The van der Waals surface area contributed by atoms with Gasteiger partial charge in [-0.15, -0.1) is 0 Å². The highest BCUT2D eigenvalue weighted by molar-refractivity contribution is 6.34. The highest BCUT2D eigenvalue weighted by Crippen LogP contribution is 2.26. The van der Waals surface area contributed by atoms with Crippen LogP contribution in [0.15, 0.2) is 42.5 Å². The predicted molar refractivity (Wildman–Crippen MR) is 118 cm³/mol.